The van der Waals surface area contributed by atoms with Crippen molar-refractivity contribution in [1.82, 2.24) is 0 Å². The Morgan fingerprint density at radius 1 is 1.00 bits per heavy atom. The molecule has 0 nitrogen and oxygen atoms in total. The van der Waals surface area contributed by atoms with Crippen LogP contribution in [0.25, 0.3) is 0 Å². The van der Waals surface area contributed by atoms with E-state index < -0.39 is 8.07 Å². The quantitative estimate of drug-likeness (QED) is 0.456. The first-order valence-electron chi connectivity index (χ1n) is 4.70. The summed E-state index contributed by atoms with van der Waals surface area (Å²) in [5.41, 5.74) is 0. The lowest BCUT2D eigenvalue weighted by Gasteiger charge is -2.39. The third-order valence-electron chi connectivity index (χ3n) is 3.01. The zero-order valence-corrected chi connectivity index (χ0v) is 8.60. The molecule has 0 unspecified atom stereocenters. The van der Waals surface area contributed by atoms with Crippen molar-refractivity contribution in [2.75, 3.05) is 0 Å². The van der Waals surface area contributed by atoms with Crippen molar-refractivity contribution in [2.45, 2.75) is 43.4 Å². The molecular weight excluding hydrogens is 160 g/mol. The third kappa shape index (κ3) is 2.16. The summed E-state index contributed by atoms with van der Waals surface area (Å²) in [7, 11) is -0.870. The molecule has 0 radical (unpaired) electrons. The third-order valence-corrected chi connectivity index (χ3v) is 8.46. The van der Waals surface area contributed by atoms with E-state index >= 15 is 0 Å². The van der Waals surface area contributed by atoms with Gasteiger partial charge < -0.3 is 0 Å². The van der Waals surface area contributed by atoms with Crippen LogP contribution in [-0.2, 0) is 0 Å². The van der Waals surface area contributed by atoms with Crippen molar-refractivity contribution < 1.29 is 0 Å². The van der Waals surface area contributed by atoms with Gasteiger partial charge in [-0.3, -0.25) is 0 Å². The number of rotatable bonds is 4. The van der Waals surface area contributed by atoms with Crippen LogP contribution in [0.3, 0.4) is 0 Å². The zero-order chi connectivity index (χ0) is 8.86. The first-order valence-corrected chi connectivity index (χ1v) is 7.53. The van der Waals surface area contributed by atoms with Crippen molar-refractivity contribution in [3.63, 3.8) is 0 Å². The molecule has 64 valence electrons. The van der Waals surface area contributed by atoms with Gasteiger partial charge in [-0.2, -0.15) is 0 Å². The monoisotopic (exact) mass is 176 g/mol. The van der Waals surface area contributed by atoms with Gasteiger partial charge in [-0.1, -0.05) is 18.5 Å². The maximum absolute atomic E-state index is 5.28. The van der Waals surface area contributed by atoms with Crippen molar-refractivity contribution >= 4 is 8.07 Å². The van der Waals surface area contributed by atoms with E-state index in [1.165, 1.54) is 30.6 Å². The molecule has 1 heterocycles. The minimum atomic E-state index is -0.870. The lowest BCUT2D eigenvalue weighted by molar-refractivity contribution is 0.842. The van der Waals surface area contributed by atoms with E-state index in [4.69, 9.17) is 12.8 Å². The molecular formula is C11H16Si. The molecule has 0 N–H and O–H groups in total. The molecule has 1 saturated heterocycles. The molecule has 12 heavy (non-hydrogen) atoms. The van der Waals surface area contributed by atoms with Gasteiger partial charge in [-0.25, -0.2) is 0 Å². The average Bonchev–Trinajstić information content (AvgIpc) is 2.02. The lowest BCUT2D eigenvalue weighted by atomic mass is 10.5. The van der Waals surface area contributed by atoms with Gasteiger partial charge in [0.05, 0.1) is 8.07 Å². The molecule has 0 atom stereocenters. The predicted octanol–water partition coefficient (Wildman–Crippen LogP) is 2.89. The number of hydrogen-bond acceptors (Lipinski definition) is 0. The van der Waals surface area contributed by atoms with Crippen LogP contribution in [0.2, 0.25) is 24.2 Å². The summed E-state index contributed by atoms with van der Waals surface area (Å²) in [5.74, 6) is 5.50. The molecule has 1 aliphatic heterocycles. The maximum Gasteiger partial charge on any atom is 0.0554 e. The fraction of sp³-hybridized carbons (Fsp3) is 0.636. The van der Waals surface area contributed by atoms with Crippen LogP contribution in [0.5, 0.6) is 0 Å². The van der Waals surface area contributed by atoms with E-state index in [1.54, 1.807) is 0 Å². The Bertz CT molecular complexity index is 192. The van der Waals surface area contributed by atoms with E-state index in [-0.39, 0.29) is 0 Å². The van der Waals surface area contributed by atoms with Gasteiger partial charge in [0, 0.05) is 12.8 Å². The SMILES string of the molecule is C#CCC[Si]1(CCC#C)CCC1. The Hall–Kier alpha value is -0.663. The van der Waals surface area contributed by atoms with Gasteiger partial charge in [0.15, 0.2) is 0 Å². The van der Waals surface area contributed by atoms with Gasteiger partial charge in [0.25, 0.3) is 0 Å². The highest BCUT2D eigenvalue weighted by Gasteiger charge is 2.37. The summed E-state index contributed by atoms with van der Waals surface area (Å²) in [5, 5.41) is 0. The second-order valence-corrected chi connectivity index (χ2v) is 8.76. The zero-order valence-electron chi connectivity index (χ0n) is 7.60. The van der Waals surface area contributed by atoms with E-state index in [2.05, 4.69) is 11.8 Å². The second kappa shape index (κ2) is 4.38. The highest BCUT2D eigenvalue weighted by atomic mass is 28.3. The normalized spacial score (nSPS) is 18.8. The fourth-order valence-corrected chi connectivity index (χ4v) is 5.93. The minimum absolute atomic E-state index is 0.870. The Labute approximate surface area is 76.8 Å². The van der Waals surface area contributed by atoms with Crippen LogP contribution in [0.15, 0.2) is 0 Å². The lowest BCUT2D eigenvalue weighted by Crippen LogP contribution is -2.40. The molecule has 0 aromatic heterocycles. The van der Waals surface area contributed by atoms with Gasteiger partial charge in [0.1, 0.15) is 0 Å². The van der Waals surface area contributed by atoms with Gasteiger partial charge >= 0.3 is 0 Å². The number of hydrogen-bond donors (Lipinski definition) is 0. The Balaban J connectivity index is 2.31. The molecule has 0 aromatic carbocycles. The van der Waals surface area contributed by atoms with Crippen LogP contribution in [-0.4, -0.2) is 8.07 Å². The van der Waals surface area contributed by atoms with Crippen molar-refractivity contribution in [3.8, 4) is 24.7 Å². The van der Waals surface area contributed by atoms with Gasteiger partial charge in [-0.15, -0.1) is 24.7 Å². The van der Waals surface area contributed by atoms with E-state index in [9.17, 15) is 0 Å². The van der Waals surface area contributed by atoms with Crippen LogP contribution in [0.4, 0.5) is 0 Å². The first kappa shape index (κ1) is 9.43. The molecule has 0 aromatic rings. The molecule has 0 bridgehead atoms. The largest absolute Gasteiger partial charge is 0.120 e. The molecule has 0 amide bonds. The summed E-state index contributed by atoms with van der Waals surface area (Å²) < 4.78 is 0. The fourth-order valence-electron chi connectivity index (χ4n) is 1.98. The highest BCUT2D eigenvalue weighted by Crippen LogP contribution is 2.40. The average molecular weight is 176 g/mol. The Kier molecular flexibility index (Phi) is 3.44. The van der Waals surface area contributed by atoms with Gasteiger partial charge in [0.2, 0.25) is 0 Å². The Morgan fingerprint density at radius 2 is 1.50 bits per heavy atom. The van der Waals surface area contributed by atoms with E-state index in [1.807, 2.05) is 0 Å². The summed E-state index contributed by atoms with van der Waals surface area (Å²) in [6.45, 7) is 0. The van der Waals surface area contributed by atoms with Crippen LogP contribution >= 0.6 is 0 Å². The molecule has 1 aliphatic rings. The topological polar surface area (TPSA) is 0 Å². The van der Waals surface area contributed by atoms with Crippen LogP contribution < -0.4 is 0 Å². The highest BCUT2D eigenvalue weighted by molar-refractivity contribution is 6.82. The van der Waals surface area contributed by atoms with Gasteiger partial charge in [-0.05, 0) is 12.1 Å². The van der Waals surface area contributed by atoms with Crippen LogP contribution in [0, 0.1) is 24.7 Å². The summed E-state index contributed by atoms with van der Waals surface area (Å²) in [6.07, 6.45) is 13.9. The first-order chi connectivity index (χ1) is 5.83. The van der Waals surface area contributed by atoms with Crippen molar-refractivity contribution in [2.24, 2.45) is 0 Å². The molecule has 1 heteroatoms. The number of terminal acetylenes is 2. The Morgan fingerprint density at radius 3 is 1.75 bits per heavy atom. The standard InChI is InChI=1S/C11H16Si/c1-3-5-8-12(9-6-4-2)10-7-11-12/h1-2H,5-11H2. The summed E-state index contributed by atoms with van der Waals surface area (Å²) >= 11 is 0. The smallest absolute Gasteiger partial charge is 0.0554 e. The molecule has 1 fully saturated rings. The molecule has 1 rings (SSSR count). The molecule has 0 saturated carbocycles. The van der Waals surface area contributed by atoms with Crippen LogP contribution in [0.1, 0.15) is 19.3 Å². The predicted molar refractivity (Wildman–Crippen MR) is 56.5 cm³/mol. The van der Waals surface area contributed by atoms with E-state index in [0.717, 1.165) is 12.8 Å². The minimum Gasteiger partial charge on any atom is -0.120 e. The summed E-state index contributed by atoms with van der Waals surface area (Å²) in [4.78, 5) is 0. The van der Waals surface area contributed by atoms with Crippen molar-refractivity contribution in [3.05, 3.63) is 0 Å². The molecule has 0 spiro atoms. The second-order valence-electron chi connectivity index (χ2n) is 3.76. The van der Waals surface area contributed by atoms with Crippen molar-refractivity contribution in [1.29, 1.82) is 0 Å². The molecule has 0 aliphatic carbocycles. The maximum atomic E-state index is 5.28. The van der Waals surface area contributed by atoms with E-state index in [0.29, 0.717) is 0 Å². The summed E-state index contributed by atoms with van der Waals surface area (Å²) in [6, 6.07) is 5.61.